The summed E-state index contributed by atoms with van der Waals surface area (Å²) in [4.78, 5) is 13.0. The summed E-state index contributed by atoms with van der Waals surface area (Å²) >= 11 is 0. The fourth-order valence-electron chi connectivity index (χ4n) is 2.94. The molecule has 5 rings (SSSR count). The van der Waals surface area contributed by atoms with Gasteiger partial charge in [0, 0.05) is 23.5 Å². The van der Waals surface area contributed by atoms with Crippen LogP contribution in [0, 0.1) is 5.82 Å². The molecule has 0 N–H and O–H groups in total. The topological polar surface area (TPSA) is 64.4 Å². The highest BCUT2D eigenvalue weighted by Gasteiger charge is 2.08. The third-order valence-electron chi connectivity index (χ3n) is 4.39. The van der Waals surface area contributed by atoms with Gasteiger partial charge in [-0.2, -0.15) is 0 Å². The minimum absolute atomic E-state index is 0.280. The Bertz CT molecular complexity index is 1310. The van der Waals surface area contributed by atoms with Crippen LogP contribution in [0.2, 0.25) is 0 Å². The fourth-order valence-corrected chi connectivity index (χ4v) is 2.94. The average molecular weight is 383 g/mol. The maximum atomic E-state index is 13.1. The molecule has 0 aliphatic rings. The maximum absolute atomic E-state index is 13.1. The molecule has 140 valence electrons. The van der Waals surface area contributed by atoms with Crippen molar-refractivity contribution in [3.8, 4) is 22.8 Å². The van der Waals surface area contributed by atoms with Gasteiger partial charge in [0.1, 0.15) is 22.9 Å². The molecule has 0 spiro atoms. The van der Waals surface area contributed by atoms with Gasteiger partial charge in [0.2, 0.25) is 5.89 Å². The van der Waals surface area contributed by atoms with Crippen LogP contribution in [-0.2, 0) is 0 Å². The molecule has 3 aromatic heterocycles. The molecule has 5 aromatic rings. The zero-order valence-corrected chi connectivity index (χ0v) is 15.1. The zero-order chi connectivity index (χ0) is 19.6. The largest absolute Gasteiger partial charge is 0.455 e. The number of hydrogen-bond donors (Lipinski definition) is 0. The first-order valence-corrected chi connectivity index (χ1v) is 8.95. The summed E-state index contributed by atoms with van der Waals surface area (Å²) in [6.07, 6.45) is 5.03. The van der Waals surface area contributed by atoms with E-state index >= 15 is 0 Å². The molecule has 0 aliphatic carbocycles. The van der Waals surface area contributed by atoms with Gasteiger partial charge in [0.25, 0.3) is 0 Å². The lowest BCUT2D eigenvalue weighted by molar-refractivity contribution is 0.574. The fraction of sp³-hybridized carbons (Fsp3) is 0. The van der Waals surface area contributed by atoms with E-state index in [-0.39, 0.29) is 5.82 Å². The Kier molecular flexibility index (Phi) is 4.22. The normalized spacial score (nSPS) is 11.5. The second-order valence-electron chi connectivity index (χ2n) is 6.37. The number of halogens is 1. The van der Waals surface area contributed by atoms with Crippen LogP contribution < -0.4 is 0 Å². The molecule has 0 atom stereocenters. The third kappa shape index (κ3) is 3.55. The van der Waals surface area contributed by atoms with E-state index in [4.69, 9.17) is 8.83 Å². The summed E-state index contributed by atoms with van der Waals surface area (Å²) in [5, 5.41) is 0. The SMILES string of the molecule is Fc1ccc(-c2ccc(C=Nc3ccc4oc(-c5ccncc5)nc4c3)o2)cc1. The number of benzene rings is 2. The van der Waals surface area contributed by atoms with Gasteiger partial charge in [-0.15, -0.1) is 0 Å². The molecule has 6 heteroatoms. The summed E-state index contributed by atoms with van der Waals surface area (Å²) in [5.41, 5.74) is 3.81. The third-order valence-corrected chi connectivity index (χ3v) is 4.39. The van der Waals surface area contributed by atoms with E-state index in [1.54, 1.807) is 30.7 Å². The van der Waals surface area contributed by atoms with Crippen molar-refractivity contribution in [1.29, 1.82) is 0 Å². The molecular formula is C23H14FN3O2. The number of nitrogens with zero attached hydrogens (tertiary/aromatic N) is 3. The van der Waals surface area contributed by atoms with Gasteiger partial charge in [-0.05, 0) is 66.7 Å². The molecule has 0 aliphatic heterocycles. The Morgan fingerprint density at radius 1 is 0.828 bits per heavy atom. The van der Waals surface area contributed by atoms with Gasteiger partial charge < -0.3 is 8.83 Å². The number of rotatable bonds is 4. The van der Waals surface area contributed by atoms with Crippen molar-refractivity contribution >= 4 is 23.0 Å². The molecule has 0 amide bonds. The van der Waals surface area contributed by atoms with Crippen LogP contribution in [0.15, 0.2) is 93.0 Å². The molecule has 0 radical (unpaired) electrons. The summed E-state index contributed by atoms with van der Waals surface area (Å²) in [7, 11) is 0. The molecule has 0 saturated heterocycles. The minimum atomic E-state index is -0.280. The predicted octanol–water partition coefficient (Wildman–Crippen LogP) is 6.04. The average Bonchev–Trinajstić information content (AvgIpc) is 3.40. The molecule has 0 fully saturated rings. The standard InChI is InChI=1S/C23H14FN3O2/c24-17-3-1-15(2-4-17)21-8-6-19(28-21)14-26-18-5-7-22-20(13-18)27-23(29-22)16-9-11-25-12-10-16/h1-14H. The van der Waals surface area contributed by atoms with E-state index in [9.17, 15) is 4.39 Å². The van der Waals surface area contributed by atoms with Gasteiger partial charge in [-0.25, -0.2) is 9.37 Å². The van der Waals surface area contributed by atoms with Gasteiger partial charge in [-0.1, -0.05) is 0 Å². The van der Waals surface area contributed by atoms with Crippen molar-refractivity contribution in [2.45, 2.75) is 0 Å². The first-order valence-electron chi connectivity index (χ1n) is 8.95. The van der Waals surface area contributed by atoms with Crippen LogP contribution in [0.1, 0.15) is 5.76 Å². The summed E-state index contributed by atoms with van der Waals surface area (Å²) in [6, 6.07) is 19.0. The second-order valence-corrected chi connectivity index (χ2v) is 6.37. The quantitative estimate of drug-likeness (QED) is 0.355. The van der Waals surface area contributed by atoms with Crippen LogP contribution in [0.4, 0.5) is 10.1 Å². The lowest BCUT2D eigenvalue weighted by atomic mass is 10.2. The van der Waals surface area contributed by atoms with Crippen LogP contribution >= 0.6 is 0 Å². The number of furan rings is 1. The lowest BCUT2D eigenvalue weighted by Gasteiger charge is -1.96. The second kappa shape index (κ2) is 7.16. The molecule has 0 bridgehead atoms. The van der Waals surface area contributed by atoms with Crippen LogP contribution in [0.25, 0.3) is 33.9 Å². The van der Waals surface area contributed by atoms with Crippen molar-refractivity contribution in [3.63, 3.8) is 0 Å². The van der Waals surface area contributed by atoms with E-state index in [0.29, 0.717) is 23.0 Å². The van der Waals surface area contributed by atoms with Crippen LogP contribution in [-0.4, -0.2) is 16.2 Å². The summed E-state index contributed by atoms with van der Waals surface area (Å²) < 4.78 is 24.6. The molecule has 0 saturated carbocycles. The Labute approximate surface area is 165 Å². The number of oxazole rings is 1. The van der Waals surface area contributed by atoms with Gasteiger partial charge in [0.05, 0.1) is 11.9 Å². The lowest BCUT2D eigenvalue weighted by Crippen LogP contribution is -1.77. The molecule has 2 aromatic carbocycles. The Morgan fingerprint density at radius 3 is 2.48 bits per heavy atom. The van der Waals surface area contributed by atoms with Crippen molar-refractivity contribution in [1.82, 2.24) is 9.97 Å². The van der Waals surface area contributed by atoms with E-state index in [2.05, 4.69) is 15.0 Å². The summed E-state index contributed by atoms with van der Waals surface area (Å²) in [5.74, 6) is 1.51. The summed E-state index contributed by atoms with van der Waals surface area (Å²) in [6.45, 7) is 0. The van der Waals surface area contributed by atoms with Gasteiger partial charge in [-0.3, -0.25) is 9.98 Å². The zero-order valence-electron chi connectivity index (χ0n) is 15.1. The number of aliphatic imine (C=N–C) groups is 1. The first-order chi connectivity index (χ1) is 14.2. The predicted molar refractivity (Wildman–Crippen MR) is 109 cm³/mol. The molecule has 3 heterocycles. The first kappa shape index (κ1) is 17.1. The van der Waals surface area contributed by atoms with E-state index in [0.717, 1.165) is 22.3 Å². The highest BCUT2D eigenvalue weighted by Crippen LogP contribution is 2.27. The van der Waals surface area contributed by atoms with Gasteiger partial charge in [0.15, 0.2) is 5.58 Å². The van der Waals surface area contributed by atoms with Crippen molar-refractivity contribution < 1.29 is 13.2 Å². The number of hydrogen-bond acceptors (Lipinski definition) is 5. The Balaban J connectivity index is 1.39. The van der Waals surface area contributed by atoms with Crippen molar-refractivity contribution in [2.75, 3.05) is 0 Å². The smallest absolute Gasteiger partial charge is 0.227 e. The minimum Gasteiger partial charge on any atom is -0.455 e. The number of fused-ring (bicyclic) bond motifs is 1. The van der Waals surface area contributed by atoms with Crippen molar-refractivity contribution in [3.05, 3.63) is 90.7 Å². The maximum Gasteiger partial charge on any atom is 0.227 e. The monoisotopic (exact) mass is 383 g/mol. The van der Waals surface area contributed by atoms with Crippen LogP contribution in [0.5, 0.6) is 0 Å². The van der Waals surface area contributed by atoms with E-state index < -0.39 is 0 Å². The van der Waals surface area contributed by atoms with Crippen LogP contribution in [0.3, 0.4) is 0 Å². The molecular weight excluding hydrogens is 369 g/mol. The highest BCUT2D eigenvalue weighted by atomic mass is 19.1. The Hall–Kier alpha value is -4.06. The van der Waals surface area contributed by atoms with E-state index in [1.165, 1.54) is 12.1 Å². The molecule has 0 unspecified atom stereocenters. The van der Waals surface area contributed by atoms with E-state index in [1.807, 2.05) is 42.5 Å². The van der Waals surface area contributed by atoms with Crippen molar-refractivity contribution in [2.24, 2.45) is 4.99 Å². The Morgan fingerprint density at radius 2 is 1.66 bits per heavy atom. The molecule has 5 nitrogen and oxygen atoms in total. The number of aromatic nitrogens is 2. The van der Waals surface area contributed by atoms with Gasteiger partial charge >= 0.3 is 0 Å². The number of pyridine rings is 1. The highest BCUT2D eigenvalue weighted by molar-refractivity contribution is 5.83. The molecule has 29 heavy (non-hydrogen) atoms.